The summed E-state index contributed by atoms with van der Waals surface area (Å²) < 4.78 is 1.51. The first kappa shape index (κ1) is 17.7. The third kappa shape index (κ3) is 3.60. The predicted molar refractivity (Wildman–Crippen MR) is 97.4 cm³/mol. The van der Waals surface area contributed by atoms with E-state index in [4.69, 9.17) is 11.6 Å². The van der Waals surface area contributed by atoms with Gasteiger partial charge in [0.15, 0.2) is 5.69 Å². The minimum absolute atomic E-state index is 0.152. The van der Waals surface area contributed by atoms with Crippen LogP contribution in [0.2, 0.25) is 5.02 Å². The van der Waals surface area contributed by atoms with Crippen LogP contribution in [0.3, 0.4) is 0 Å². The van der Waals surface area contributed by atoms with Gasteiger partial charge in [0, 0.05) is 24.3 Å². The van der Waals surface area contributed by atoms with Gasteiger partial charge >= 0.3 is 0 Å². The number of H-pyrrole nitrogens is 1. The highest BCUT2D eigenvalue weighted by molar-refractivity contribution is 6.30. The molecule has 0 bridgehead atoms. The number of nitrogens with zero attached hydrogens (tertiary/aromatic N) is 3. The van der Waals surface area contributed by atoms with Gasteiger partial charge in [-0.1, -0.05) is 23.7 Å². The fourth-order valence-corrected chi connectivity index (χ4v) is 2.72. The van der Waals surface area contributed by atoms with Gasteiger partial charge in [0.25, 0.3) is 11.8 Å². The Morgan fingerprint density at radius 3 is 2.73 bits per heavy atom. The summed E-state index contributed by atoms with van der Waals surface area (Å²) in [6, 6.07) is 8.42. The summed E-state index contributed by atoms with van der Waals surface area (Å²) in [5.41, 5.74) is 1.78. The van der Waals surface area contributed by atoms with Crippen molar-refractivity contribution in [2.24, 2.45) is 0 Å². The van der Waals surface area contributed by atoms with Crippen LogP contribution in [-0.2, 0) is 0 Å². The average molecular weight is 373 g/mol. The topological polar surface area (TPSA) is 105 Å². The molecule has 0 spiro atoms. The molecule has 1 aromatic carbocycles. The predicted octanol–water partition coefficient (Wildman–Crippen LogP) is 2.48. The summed E-state index contributed by atoms with van der Waals surface area (Å²) in [5, 5.41) is 16.5. The number of hydrogen-bond donors (Lipinski definition) is 3. The van der Waals surface area contributed by atoms with Crippen molar-refractivity contribution < 1.29 is 9.59 Å². The lowest BCUT2D eigenvalue weighted by atomic mass is 10.1. The molecule has 0 saturated carbocycles. The van der Waals surface area contributed by atoms with Crippen molar-refractivity contribution in [2.75, 3.05) is 12.4 Å². The Balaban J connectivity index is 2.00. The third-order valence-electron chi connectivity index (χ3n) is 3.88. The molecular weight excluding hydrogens is 356 g/mol. The Labute approximate surface area is 154 Å². The standard InChI is InChI=1S/C17H17ClN6O2/c1-10(11-4-3-5-12(18)6-11)24-15(7-14(23-24)16(25)19-2)17(26)22-13-8-20-21-9-13/h3-10H,1-2H3,(H,19,25)(H,20,21)(H,22,26)/t10-/m0/s1. The molecule has 3 N–H and O–H groups in total. The Morgan fingerprint density at radius 2 is 2.08 bits per heavy atom. The number of carbonyl (C=O) groups excluding carboxylic acids is 2. The minimum atomic E-state index is -0.400. The molecule has 0 aliphatic carbocycles. The molecule has 3 aromatic rings. The van der Waals surface area contributed by atoms with Crippen LogP contribution in [0.25, 0.3) is 0 Å². The Hall–Kier alpha value is -3.13. The van der Waals surface area contributed by atoms with E-state index in [9.17, 15) is 9.59 Å². The first-order chi connectivity index (χ1) is 12.5. The summed E-state index contributed by atoms with van der Waals surface area (Å²) >= 11 is 6.07. The minimum Gasteiger partial charge on any atom is -0.354 e. The largest absolute Gasteiger partial charge is 0.354 e. The first-order valence-electron chi connectivity index (χ1n) is 7.87. The highest BCUT2D eigenvalue weighted by Crippen LogP contribution is 2.23. The Kier molecular flexibility index (Phi) is 5.04. The highest BCUT2D eigenvalue weighted by Gasteiger charge is 2.23. The number of anilines is 1. The van der Waals surface area contributed by atoms with E-state index < -0.39 is 5.91 Å². The molecule has 0 aliphatic rings. The second-order valence-corrected chi connectivity index (χ2v) is 6.05. The van der Waals surface area contributed by atoms with Crippen molar-refractivity contribution in [2.45, 2.75) is 13.0 Å². The number of nitrogens with one attached hydrogen (secondary N) is 3. The van der Waals surface area contributed by atoms with E-state index in [2.05, 4.69) is 25.9 Å². The number of hydrogen-bond acceptors (Lipinski definition) is 4. The molecule has 134 valence electrons. The van der Waals surface area contributed by atoms with Crippen LogP contribution >= 0.6 is 11.6 Å². The molecular formula is C17H17ClN6O2. The Bertz CT molecular complexity index is 935. The fourth-order valence-electron chi connectivity index (χ4n) is 2.52. The zero-order valence-corrected chi connectivity index (χ0v) is 14.9. The van der Waals surface area contributed by atoms with Crippen LogP contribution in [0, 0.1) is 0 Å². The SMILES string of the molecule is CNC(=O)c1cc(C(=O)Nc2cn[nH]c2)n([C@@H](C)c2cccc(Cl)c2)n1. The maximum Gasteiger partial charge on any atom is 0.274 e. The molecule has 2 heterocycles. The van der Waals surface area contributed by atoms with Gasteiger partial charge in [-0.3, -0.25) is 19.4 Å². The lowest BCUT2D eigenvalue weighted by molar-refractivity contribution is 0.0956. The molecule has 0 saturated heterocycles. The molecule has 0 aliphatic heterocycles. The number of amides is 2. The van der Waals surface area contributed by atoms with Gasteiger partial charge in [-0.2, -0.15) is 10.2 Å². The number of halogens is 1. The van der Waals surface area contributed by atoms with Crippen LogP contribution < -0.4 is 10.6 Å². The van der Waals surface area contributed by atoms with Gasteiger partial charge in [-0.05, 0) is 24.6 Å². The molecule has 0 unspecified atom stereocenters. The van der Waals surface area contributed by atoms with E-state index in [-0.39, 0.29) is 23.3 Å². The molecule has 0 radical (unpaired) electrons. The molecule has 2 amide bonds. The summed E-state index contributed by atoms with van der Waals surface area (Å²) in [6.45, 7) is 1.88. The normalized spacial score (nSPS) is 11.8. The monoisotopic (exact) mass is 372 g/mol. The molecule has 9 heteroatoms. The number of carbonyl (C=O) groups is 2. The van der Waals surface area contributed by atoms with Gasteiger partial charge in [-0.15, -0.1) is 0 Å². The van der Waals surface area contributed by atoms with E-state index in [0.29, 0.717) is 10.7 Å². The second-order valence-electron chi connectivity index (χ2n) is 5.61. The van der Waals surface area contributed by atoms with Crippen LogP contribution in [0.4, 0.5) is 5.69 Å². The summed E-state index contributed by atoms with van der Waals surface area (Å²) in [4.78, 5) is 24.7. The van der Waals surface area contributed by atoms with Crippen molar-refractivity contribution in [3.05, 3.63) is 64.7 Å². The molecule has 2 aromatic heterocycles. The van der Waals surface area contributed by atoms with Gasteiger partial charge in [0.05, 0.1) is 17.9 Å². The number of aromatic amines is 1. The molecule has 26 heavy (non-hydrogen) atoms. The summed E-state index contributed by atoms with van der Waals surface area (Å²) in [5.74, 6) is -0.776. The fraction of sp³-hybridized carbons (Fsp3) is 0.176. The van der Waals surface area contributed by atoms with E-state index in [1.54, 1.807) is 18.3 Å². The van der Waals surface area contributed by atoms with Crippen molar-refractivity contribution in [3.8, 4) is 0 Å². The van der Waals surface area contributed by atoms with Gasteiger partial charge < -0.3 is 10.6 Å². The zero-order valence-electron chi connectivity index (χ0n) is 14.2. The van der Waals surface area contributed by atoms with Crippen LogP contribution in [-0.4, -0.2) is 38.8 Å². The number of aromatic nitrogens is 4. The number of benzene rings is 1. The van der Waals surface area contributed by atoms with E-state index in [1.807, 2.05) is 19.1 Å². The smallest absolute Gasteiger partial charge is 0.274 e. The van der Waals surface area contributed by atoms with Gasteiger partial charge in [0.2, 0.25) is 0 Å². The van der Waals surface area contributed by atoms with E-state index in [0.717, 1.165) is 5.56 Å². The van der Waals surface area contributed by atoms with Gasteiger partial charge in [0.1, 0.15) is 5.69 Å². The van der Waals surface area contributed by atoms with Crippen LogP contribution in [0.15, 0.2) is 42.7 Å². The first-order valence-corrected chi connectivity index (χ1v) is 8.24. The molecule has 1 atom stereocenters. The van der Waals surface area contributed by atoms with Gasteiger partial charge in [-0.25, -0.2) is 0 Å². The highest BCUT2D eigenvalue weighted by atomic mass is 35.5. The Morgan fingerprint density at radius 1 is 1.27 bits per heavy atom. The van der Waals surface area contributed by atoms with Crippen LogP contribution in [0.5, 0.6) is 0 Å². The molecule has 3 rings (SSSR count). The summed E-state index contributed by atoms with van der Waals surface area (Å²) in [7, 11) is 1.51. The lowest BCUT2D eigenvalue weighted by Gasteiger charge is -2.16. The average Bonchev–Trinajstić information content (AvgIpc) is 3.30. The van der Waals surface area contributed by atoms with Crippen LogP contribution in [0.1, 0.15) is 39.5 Å². The third-order valence-corrected chi connectivity index (χ3v) is 4.12. The number of rotatable bonds is 5. The van der Waals surface area contributed by atoms with E-state index in [1.165, 1.54) is 24.0 Å². The van der Waals surface area contributed by atoms with Crippen molar-refractivity contribution >= 4 is 29.1 Å². The maximum absolute atomic E-state index is 12.7. The maximum atomic E-state index is 12.7. The summed E-state index contributed by atoms with van der Waals surface area (Å²) in [6.07, 6.45) is 3.04. The second kappa shape index (κ2) is 7.40. The van der Waals surface area contributed by atoms with E-state index >= 15 is 0 Å². The van der Waals surface area contributed by atoms with Crippen molar-refractivity contribution in [1.82, 2.24) is 25.3 Å². The quantitative estimate of drug-likeness (QED) is 0.639. The van der Waals surface area contributed by atoms with Crippen molar-refractivity contribution in [3.63, 3.8) is 0 Å². The lowest BCUT2D eigenvalue weighted by Crippen LogP contribution is -2.21. The zero-order chi connectivity index (χ0) is 18.7. The molecule has 0 fully saturated rings. The van der Waals surface area contributed by atoms with Crippen molar-refractivity contribution in [1.29, 1.82) is 0 Å². The molecule has 8 nitrogen and oxygen atoms in total.